The quantitative estimate of drug-likeness (QED) is 0.908. The number of carboxylic acids is 1. The maximum atomic E-state index is 13.2. The molecule has 1 fully saturated rings. The first-order chi connectivity index (χ1) is 9.06. The molecular weight excluding hydrogens is 333 g/mol. The van der Waals surface area contributed by atoms with Crippen LogP contribution in [0.3, 0.4) is 0 Å². The van der Waals surface area contributed by atoms with Gasteiger partial charge in [-0.25, -0.2) is 4.39 Å². The van der Waals surface area contributed by atoms with Crippen LogP contribution >= 0.6 is 27.7 Å². The van der Waals surface area contributed by atoms with E-state index in [0.717, 1.165) is 23.6 Å². The lowest BCUT2D eigenvalue weighted by atomic mass is 10.1. The summed E-state index contributed by atoms with van der Waals surface area (Å²) in [4.78, 5) is 13.0. The van der Waals surface area contributed by atoms with Crippen LogP contribution in [0.5, 0.6) is 0 Å². The number of aliphatic carboxylic acids is 1. The van der Waals surface area contributed by atoms with Gasteiger partial charge in [0, 0.05) is 30.6 Å². The number of carbonyl (C=O) groups is 1. The molecule has 1 saturated heterocycles. The van der Waals surface area contributed by atoms with Gasteiger partial charge in [0.05, 0.1) is 10.9 Å². The maximum Gasteiger partial charge on any atom is 0.304 e. The van der Waals surface area contributed by atoms with Crippen LogP contribution in [0.25, 0.3) is 0 Å². The molecule has 0 aliphatic carbocycles. The molecule has 3 nitrogen and oxygen atoms in total. The van der Waals surface area contributed by atoms with E-state index in [4.69, 9.17) is 5.11 Å². The number of rotatable bonds is 4. The van der Waals surface area contributed by atoms with Crippen LogP contribution in [0.1, 0.15) is 12.0 Å². The van der Waals surface area contributed by atoms with E-state index in [0.29, 0.717) is 11.0 Å². The molecule has 0 amide bonds. The molecule has 0 aromatic heterocycles. The number of carboxylic acid groups (broad SMARTS) is 1. The molecule has 0 spiro atoms. The smallest absolute Gasteiger partial charge is 0.304 e. The fraction of sp³-hybridized carbons (Fsp3) is 0.462. The van der Waals surface area contributed by atoms with E-state index in [9.17, 15) is 9.18 Å². The van der Waals surface area contributed by atoms with Crippen molar-refractivity contribution in [2.75, 3.05) is 18.1 Å². The van der Waals surface area contributed by atoms with Crippen molar-refractivity contribution in [2.24, 2.45) is 0 Å². The van der Waals surface area contributed by atoms with Crippen molar-refractivity contribution in [1.29, 1.82) is 0 Å². The van der Waals surface area contributed by atoms with Crippen molar-refractivity contribution in [3.63, 3.8) is 0 Å². The SMILES string of the molecule is O=C(O)CC1CSCCN1Cc1ccc(F)c(Br)c1. The highest BCUT2D eigenvalue weighted by Crippen LogP contribution is 2.23. The molecule has 0 bridgehead atoms. The Kier molecular flexibility index (Phi) is 5.24. The van der Waals surface area contributed by atoms with Gasteiger partial charge in [0.2, 0.25) is 0 Å². The molecule has 1 unspecified atom stereocenters. The summed E-state index contributed by atoms with van der Waals surface area (Å²) in [6.45, 7) is 1.54. The third-order valence-corrected chi connectivity index (χ3v) is 4.83. The van der Waals surface area contributed by atoms with Crippen LogP contribution in [0, 0.1) is 5.82 Å². The van der Waals surface area contributed by atoms with Gasteiger partial charge in [0.1, 0.15) is 5.82 Å². The Morgan fingerprint density at radius 2 is 2.37 bits per heavy atom. The Morgan fingerprint density at radius 1 is 1.58 bits per heavy atom. The first kappa shape index (κ1) is 14.8. The first-order valence-corrected chi connectivity index (χ1v) is 7.98. The Morgan fingerprint density at radius 3 is 3.05 bits per heavy atom. The maximum absolute atomic E-state index is 13.2. The minimum absolute atomic E-state index is 0.0556. The molecule has 0 saturated carbocycles. The highest BCUT2D eigenvalue weighted by atomic mass is 79.9. The molecule has 2 rings (SSSR count). The molecule has 1 atom stereocenters. The van der Waals surface area contributed by atoms with Gasteiger partial charge in [-0.2, -0.15) is 11.8 Å². The van der Waals surface area contributed by atoms with Crippen molar-refractivity contribution in [2.45, 2.75) is 19.0 Å². The molecular formula is C13H15BrFNO2S. The zero-order valence-electron chi connectivity index (χ0n) is 10.3. The van der Waals surface area contributed by atoms with E-state index in [1.165, 1.54) is 6.07 Å². The van der Waals surface area contributed by atoms with Gasteiger partial charge in [0.15, 0.2) is 0 Å². The van der Waals surface area contributed by atoms with E-state index in [2.05, 4.69) is 20.8 Å². The summed E-state index contributed by atoms with van der Waals surface area (Å²) < 4.78 is 13.6. The normalized spacial score (nSPS) is 20.4. The molecule has 19 heavy (non-hydrogen) atoms. The summed E-state index contributed by atoms with van der Waals surface area (Å²) in [6.07, 6.45) is 0.162. The summed E-state index contributed by atoms with van der Waals surface area (Å²) in [5.41, 5.74) is 0.996. The summed E-state index contributed by atoms with van der Waals surface area (Å²) >= 11 is 4.97. The number of halogens is 2. The van der Waals surface area contributed by atoms with E-state index in [1.807, 2.05) is 0 Å². The predicted molar refractivity (Wildman–Crippen MR) is 77.9 cm³/mol. The second-order valence-electron chi connectivity index (χ2n) is 4.55. The van der Waals surface area contributed by atoms with E-state index < -0.39 is 5.97 Å². The van der Waals surface area contributed by atoms with Crippen molar-refractivity contribution >= 4 is 33.7 Å². The minimum Gasteiger partial charge on any atom is -0.481 e. The monoisotopic (exact) mass is 347 g/mol. The molecule has 1 N–H and O–H groups in total. The zero-order valence-corrected chi connectivity index (χ0v) is 12.7. The first-order valence-electron chi connectivity index (χ1n) is 6.04. The van der Waals surface area contributed by atoms with Crippen molar-refractivity contribution in [1.82, 2.24) is 4.90 Å². The van der Waals surface area contributed by atoms with Crippen LogP contribution in [-0.4, -0.2) is 40.1 Å². The average Bonchev–Trinajstić information content (AvgIpc) is 2.36. The lowest BCUT2D eigenvalue weighted by molar-refractivity contribution is -0.138. The van der Waals surface area contributed by atoms with E-state index in [1.54, 1.807) is 23.9 Å². The number of hydrogen-bond donors (Lipinski definition) is 1. The number of hydrogen-bond acceptors (Lipinski definition) is 3. The Bertz CT molecular complexity index is 472. The summed E-state index contributed by atoms with van der Waals surface area (Å²) in [6, 6.07) is 5.00. The summed E-state index contributed by atoms with van der Waals surface area (Å²) in [5, 5.41) is 8.94. The predicted octanol–water partition coefficient (Wildman–Crippen LogP) is 2.98. The van der Waals surface area contributed by atoms with Crippen LogP contribution in [0.15, 0.2) is 22.7 Å². The third kappa shape index (κ3) is 4.19. The zero-order chi connectivity index (χ0) is 13.8. The Balaban J connectivity index is 2.06. The van der Waals surface area contributed by atoms with Gasteiger partial charge in [-0.05, 0) is 33.6 Å². The lowest BCUT2D eigenvalue weighted by Crippen LogP contribution is -2.42. The highest BCUT2D eigenvalue weighted by molar-refractivity contribution is 9.10. The molecule has 1 aromatic carbocycles. The van der Waals surface area contributed by atoms with Crippen LogP contribution in [0.4, 0.5) is 4.39 Å². The van der Waals surface area contributed by atoms with Crippen molar-refractivity contribution in [3.05, 3.63) is 34.1 Å². The number of benzene rings is 1. The number of thioether (sulfide) groups is 1. The fourth-order valence-electron chi connectivity index (χ4n) is 2.16. The van der Waals surface area contributed by atoms with E-state index in [-0.39, 0.29) is 18.3 Å². The number of nitrogens with zero attached hydrogens (tertiary/aromatic N) is 1. The second kappa shape index (κ2) is 6.72. The summed E-state index contributed by atoms with van der Waals surface area (Å²) in [7, 11) is 0. The third-order valence-electron chi connectivity index (χ3n) is 3.13. The molecule has 1 aromatic rings. The molecule has 1 aliphatic heterocycles. The van der Waals surface area contributed by atoms with Gasteiger partial charge >= 0.3 is 5.97 Å². The molecule has 6 heteroatoms. The van der Waals surface area contributed by atoms with Crippen LogP contribution in [-0.2, 0) is 11.3 Å². The molecule has 104 valence electrons. The van der Waals surface area contributed by atoms with Crippen LogP contribution < -0.4 is 0 Å². The van der Waals surface area contributed by atoms with Crippen molar-refractivity contribution in [3.8, 4) is 0 Å². The Labute approximate surface area is 124 Å². The molecule has 1 aliphatic rings. The van der Waals surface area contributed by atoms with Crippen molar-refractivity contribution < 1.29 is 14.3 Å². The van der Waals surface area contributed by atoms with Gasteiger partial charge in [-0.1, -0.05) is 6.07 Å². The van der Waals surface area contributed by atoms with E-state index >= 15 is 0 Å². The molecule has 0 radical (unpaired) electrons. The summed E-state index contributed by atoms with van der Waals surface area (Å²) in [5.74, 6) is 0.811. The largest absolute Gasteiger partial charge is 0.481 e. The fourth-order valence-corrected chi connectivity index (χ4v) is 3.72. The van der Waals surface area contributed by atoms with Gasteiger partial charge < -0.3 is 5.11 Å². The van der Waals surface area contributed by atoms with Gasteiger partial charge in [-0.15, -0.1) is 0 Å². The second-order valence-corrected chi connectivity index (χ2v) is 6.55. The molecule has 1 heterocycles. The lowest BCUT2D eigenvalue weighted by Gasteiger charge is -2.34. The standard InChI is InChI=1S/C13H15BrFNO2S/c14-11-5-9(1-2-12(11)15)7-16-3-4-19-8-10(16)6-13(17)18/h1-2,5,10H,3-4,6-8H2,(H,17,18). The van der Waals surface area contributed by atoms with Gasteiger partial charge in [-0.3, -0.25) is 9.69 Å². The van der Waals surface area contributed by atoms with Crippen LogP contribution in [0.2, 0.25) is 0 Å². The van der Waals surface area contributed by atoms with Gasteiger partial charge in [0.25, 0.3) is 0 Å². The minimum atomic E-state index is -0.766. The topological polar surface area (TPSA) is 40.5 Å². The highest BCUT2D eigenvalue weighted by Gasteiger charge is 2.25. The Hall–Kier alpha value is -0.590. The average molecular weight is 348 g/mol.